The highest BCUT2D eigenvalue weighted by Crippen LogP contribution is 2.51. The number of carbonyl (C=O) groups excluding carboxylic acids is 2. The van der Waals surface area contributed by atoms with Crippen LogP contribution in [0.1, 0.15) is 126 Å². The first-order valence-electron chi connectivity index (χ1n) is 31.8. The Kier molecular flexibility index (Phi) is 27.8. The van der Waals surface area contributed by atoms with Gasteiger partial charge in [-0.3, -0.25) is 9.59 Å². The highest BCUT2D eigenvalue weighted by molar-refractivity contribution is 6.00. The zero-order valence-electron chi connectivity index (χ0n) is 55.3. The standard InChI is InChI=1S/C30H35F3N.C29H32F3N.C8H5F3O.C6H11NO.C6H6.CH4.H2O/c1-23-10-14-27(15-11-23)29(30(31,32)33,26-8-6-5-7-9-26)22-24-12-16-25(17-13-24)28(2)18-20-34(3,4)21-19-28;1-22-9-13-26(14-10-22)28(29(30,31)32,25-7-5-4-6-8-25)21-23-11-15-24(16-12-23)27(2)17-19-33(3)20-18-27;9-8(10,11)7(12)6-4-2-1-3-5-6;1-7-4-2-6(8)3-5-7;1-2-4-6-5-3-1;;/h5-17H,18-22H2,1-4H3;4-16H,17-21H2,1-3H3;1-5H;2-5H2,1H3;1-6H;1H4;1H2/q+1;;;;;;/p-1. The minimum atomic E-state index is -4.78. The first kappa shape index (κ1) is 78.0. The van der Waals surface area contributed by atoms with Crippen LogP contribution in [0.3, 0.4) is 0 Å². The number of nitrogens with zero attached hydrogens (tertiary/aromatic N) is 3. The van der Waals surface area contributed by atoms with Crippen molar-refractivity contribution in [2.45, 2.75) is 127 Å². The van der Waals surface area contributed by atoms with E-state index in [1.165, 1.54) is 23.3 Å². The molecule has 0 spiro atoms. The molecular weight excluding hydrogens is 1220 g/mol. The van der Waals surface area contributed by atoms with Crippen molar-refractivity contribution < 1.29 is 59.1 Å². The first-order valence-corrected chi connectivity index (χ1v) is 31.8. The Bertz CT molecular complexity index is 3510. The molecule has 0 saturated carbocycles. The average molecular weight is 1320 g/mol. The van der Waals surface area contributed by atoms with E-state index < -0.39 is 35.1 Å². The molecule has 2 atom stereocenters. The number of benzene rings is 8. The highest BCUT2D eigenvalue weighted by Gasteiger charge is 2.58. The van der Waals surface area contributed by atoms with E-state index in [0.29, 0.717) is 16.9 Å². The number of aryl methyl sites for hydroxylation is 2. The van der Waals surface area contributed by atoms with Gasteiger partial charge in [0.1, 0.15) is 16.6 Å². The predicted octanol–water partition coefficient (Wildman–Crippen LogP) is 19.1. The second-order valence-corrected chi connectivity index (χ2v) is 26.5. The molecule has 15 heteroatoms. The van der Waals surface area contributed by atoms with Crippen molar-refractivity contribution in [1.82, 2.24) is 9.80 Å². The normalized spacial score (nSPS) is 17.3. The molecule has 0 amide bonds. The van der Waals surface area contributed by atoms with Crippen molar-refractivity contribution in [2.75, 3.05) is 67.5 Å². The lowest BCUT2D eigenvalue weighted by atomic mass is 9.69. The maximum absolute atomic E-state index is 15.0. The number of quaternary nitrogens is 1. The number of ketones is 2. The monoisotopic (exact) mass is 1320 g/mol. The summed E-state index contributed by atoms with van der Waals surface area (Å²) in [5.41, 5.74) is 2.41. The smallest absolute Gasteiger partial charge is 0.454 e. The van der Waals surface area contributed by atoms with E-state index in [2.05, 4.69) is 56.9 Å². The van der Waals surface area contributed by atoms with E-state index in [1.807, 2.05) is 93.7 Å². The number of hydrogen-bond acceptors (Lipinski definition) is 5. The van der Waals surface area contributed by atoms with Gasteiger partial charge < -0.3 is 19.8 Å². The molecule has 3 aliphatic heterocycles. The van der Waals surface area contributed by atoms with Gasteiger partial charge in [0.2, 0.25) is 0 Å². The number of piperidine rings is 3. The molecule has 8 aromatic rings. The molecule has 0 aromatic heterocycles. The van der Waals surface area contributed by atoms with Crippen LogP contribution >= 0.6 is 0 Å². The lowest BCUT2D eigenvalue weighted by Crippen LogP contribution is -2.50. The fourth-order valence-corrected chi connectivity index (χ4v) is 12.4. The maximum Gasteiger partial charge on any atom is 0.454 e. The summed E-state index contributed by atoms with van der Waals surface area (Å²) in [7, 11) is 8.70. The van der Waals surface area contributed by atoms with Gasteiger partial charge in [-0.1, -0.05) is 257 Å². The Morgan fingerprint density at radius 2 is 0.726 bits per heavy atom. The van der Waals surface area contributed by atoms with Gasteiger partial charge in [0.05, 0.1) is 27.2 Å². The van der Waals surface area contributed by atoms with E-state index in [4.69, 9.17) is 0 Å². The Morgan fingerprint density at radius 3 is 1.04 bits per heavy atom. The second-order valence-electron chi connectivity index (χ2n) is 26.5. The van der Waals surface area contributed by atoms with Crippen molar-refractivity contribution in [1.29, 1.82) is 0 Å². The van der Waals surface area contributed by atoms with Crippen LogP contribution in [-0.2, 0) is 39.3 Å². The third-order valence-electron chi connectivity index (χ3n) is 19.0. The number of halogens is 9. The van der Waals surface area contributed by atoms with Gasteiger partial charge >= 0.3 is 18.5 Å². The van der Waals surface area contributed by atoms with Gasteiger partial charge in [0.15, 0.2) is 0 Å². The summed E-state index contributed by atoms with van der Waals surface area (Å²) >= 11 is 0. The SMILES string of the molecule is C.CN1CCC(=O)CC1.Cc1ccc(C(Cc2ccc(C3(C)CCN(C)CC3)cc2)(c2ccccc2)C(F)(F)F)cc1.Cc1ccc(C(Cc2ccc(C3(C)CC[N+](C)(C)CC3)cc2)(c2ccccc2)C(F)(F)F)cc1.O=C(c1ccccc1)C(F)(F)F.[OH-].c1ccccc1. The maximum atomic E-state index is 15.0. The Labute approximate surface area is 557 Å². The Balaban J connectivity index is 0.000000246. The van der Waals surface area contributed by atoms with Gasteiger partial charge in [0, 0.05) is 49.8 Å². The van der Waals surface area contributed by atoms with E-state index in [1.54, 1.807) is 115 Å². The van der Waals surface area contributed by atoms with Crippen LogP contribution in [0.15, 0.2) is 224 Å². The van der Waals surface area contributed by atoms with Crippen molar-refractivity contribution in [3.8, 4) is 0 Å². The van der Waals surface area contributed by atoms with Crippen molar-refractivity contribution >= 4 is 11.6 Å². The Morgan fingerprint density at radius 1 is 0.432 bits per heavy atom. The second kappa shape index (κ2) is 33.8. The van der Waals surface area contributed by atoms with Crippen LogP contribution in [0.2, 0.25) is 0 Å². The van der Waals surface area contributed by atoms with Gasteiger partial charge in [-0.2, -0.15) is 39.5 Å². The van der Waals surface area contributed by atoms with Crippen molar-refractivity contribution in [3.63, 3.8) is 0 Å². The zero-order chi connectivity index (χ0) is 67.7. The molecule has 2 unspecified atom stereocenters. The lowest BCUT2D eigenvalue weighted by molar-refractivity contribution is -0.896. The van der Waals surface area contributed by atoms with Crippen LogP contribution in [0, 0.1) is 13.8 Å². The molecule has 3 saturated heterocycles. The summed E-state index contributed by atoms with van der Waals surface area (Å²) in [4.78, 5) is 25.6. The van der Waals surface area contributed by atoms with Crippen molar-refractivity contribution in [3.05, 3.63) is 286 Å². The number of alkyl halides is 9. The largest absolute Gasteiger partial charge is 0.870 e. The fourth-order valence-electron chi connectivity index (χ4n) is 12.4. The summed E-state index contributed by atoms with van der Waals surface area (Å²) in [6.07, 6.45) is -8.16. The minimum absolute atomic E-state index is 0. The molecule has 8 aromatic carbocycles. The molecule has 0 bridgehead atoms. The highest BCUT2D eigenvalue weighted by atomic mass is 19.4. The molecule has 0 radical (unpaired) electrons. The number of likely N-dealkylation sites (tertiary alicyclic amines) is 3. The van der Waals surface area contributed by atoms with Gasteiger partial charge in [-0.25, -0.2) is 0 Å². The fraction of sp³-hybridized carbons (Fsp3) is 0.375. The van der Waals surface area contributed by atoms with Crippen LogP contribution in [0.5, 0.6) is 0 Å². The zero-order valence-corrected chi connectivity index (χ0v) is 55.3. The molecule has 510 valence electrons. The molecule has 0 aliphatic carbocycles. The summed E-state index contributed by atoms with van der Waals surface area (Å²) in [5, 5.41) is 0. The molecule has 3 aliphatic rings. The van der Waals surface area contributed by atoms with E-state index >= 15 is 13.2 Å². The molecule has 11 rings (SSSR count). The predicted molar refractivity (Wildman–Crippen MR) is 365 cm³/mol. The number of carbonyl (C=O) groups is 2. The summed E-state index contributed by atoms with van der Waals surface area (Å²) < 4.78 is 126. The quantitative estimate of drug-likeness (QED) is 0.0733. The molecule has 3 heterocycles. The molecule has 95 heavy (non-hydrogen) atoms. The molecular formula is C80H94F9N3O3. The topological polar surface area (TPSA) is 70.6 Å². The van der Waals surface area contributed by atoms with Gasteiger partial charge in [-0.05, 0) is 117 Å². The van der Waals surface area contributed by atoms with Crippen LogP contribution in [0.4, 0.5) is 39.5 Å². The number of Topliss-reactive ketones (excluding diaryl/α,β-unsaturated/α-hetero) is 2. The third-order valence-corrected chi connectivity index (χ3v) is 19.0. The Hall–Kier alpha value is -7.69. The van der Waals surface area contributed by atoms with E-state index in [0.717, 1.165) is 106 Å². The molecule has 6 nitrogen and oxygen atoms in total. The third kappa shape index (κ3) is 20.7. The summed E-state index contributed by atoms with van der Waals surface area (Å²) in [6.45, 7) is 14.6. The van der Waals surface area contributed by atoms with Crippen molar-refractivity contribution in [2.24, 2.45) is 0 Å². The summed E-state index contributed by atoms with van der Waals surface area (Å²) in [5.74, 6) is -1.38. The molecule has 3 fully saturated rings. The van der Waals surface area contributed by atoms with Crippen LogP contribution < -0.4 is 0 Å². The van der Waals surface area contributed by atoms with Gasteiger partial charge in [-0.15, -0.1) is 0 Å². The minimum Gasteiger partial charge on any atom is -0.870 e. The van der Waals surface area contributed by atoms with E-state index in [-0.39, 0.29) is 64.4 Å². The van der Waals surface area contributed by atoms with Crippen LogP contribution in [0.25, 0.3) is 0 Å². The number of hydrogen-bond donors (Lipinski definition) is 0. The lowest BCUT2D eigenvalue weighted by Gasteiger charge is -2.43. The summed E-state index contributed by atoms with van der Waals surface area (Å²) in [6, 6.07) is 64.7. The van der Waals surface area contributed by atoms with E-state index in [9.17, 15) is 35.9 Å². The first-order chi connectivity index (χ1) is 43.9. The molecule has 1 N–H and O–H groups in total. The number of rotatable bonds is 11. The van der Waals surface area contributed by atoms with Gasteiger partial charge in [0.25, 0.3) is 5.78 Å². The average Bonchev–Trinajstić information content (AvgIpc) is 0.749. The van der Waals surface area contributed by atoms with Crippen LogP contribution in [-0.4, -0.2) is 117 Å².